The van der Waals surface area contributed by atoms with Crippen molar-refractivity contribution in [2.24, 2.45) is 4.99 Å². The van der Waals surface area contributed by atoms with E-state index in [2.05, 4.69) is 53.3 Å². The molecule has 1 aromatic carbocycles. The number of nitrogens with zero attached hydrogens (tertiary/aromatic N) is 1. The third-order valence-electron chi connectivity index (χ3n) is 3.18. The maximum Gasteiger partial charge on any atom is 0.191 e. The fourth-order valence-corrected chi connectivity index (χ4v) is 3.17. The normalized spacial score (nSPS) is 11.0. The Morgan fingerprint density at radius 1 is 1.18 bits per heavy atom. The highest BCUT2D eigenvalue weighted by atomic mass is 127. The van der Waals surface area contributed by atoms with Crippen molar-refractivity contribution in [1.82, 2.24) is 10.6 Å². The average molecular weight is 453 g/mol. The molecule has 0 unspecified atom stereocenters. The average Bonchev–Trinajstić information content (AvgIpc) is 2.50. The Bertz CT molecular complexity index is 453. The van der Waals surface area contributed by atoms with Crippen LogP contribution in [0.4, 0.5) is 0 Å². The lowest BCUT2D eigenvalue weighted by atomic mass is 10.1. The van der Waals surface area contributed by atoms with Gasteiger partial charge in [0.05, 0.1) is 0 Å². The van der Waals surface area contributed by atoms with Gasteiger partial charge in [-0.2, -0.15) is 11.8 Å². The van der Waals surface area contributed by atoms with Gasteiger partial charge in [0, 0.05) is 25.0 Å². The van der Waals surface area contributed by atoms with E-state index in [4.69, 9.17) is 0 Å². The predicted molar refractivity (Wildman–Crippen MR) is 114 cm³/mol. The second kappa shape index (κ2) is 13.4. The van der Waals surface area contributed by atoms with Gasteiger partial charge in [-0.15, -0.1) is 35.7 Å². The summed E-state index contributed by atoms with van der Waals surface area (Å²) in [4.78, 5) is 5.61. The fourth-order valence-electron chi connectivity index (χ4n) is 1.98. The van der Waals surface area contributed by atoms with Gasteiger partial charge >= 0.3 is 0 Å². The van der Waals surface area contributed by atoms with Gasteiger partial charge in [-0.25, -0.2) is 0 Å². The lowest BCUT2D eigenvalue weighted by molar-refractivity contribution is 0.731. The summed E-state index contributed by atoms with van der Waals surface area (Å²) in [5.41, 5.74) is 2.62. The van der Waals surface area contributed by atoms with Gasteiger partial charge in [0.2, 0.25) is 0 Å². The number of aryl methyl sites for hydroxylation is 1. The minimum Gasteiger partial charge on any atom is -0.356 e. The summed E-state index contributed by atoms with van der Waals surface area (Å²) in [6.07, 6.45) is 6.71. The van der Waals surface area contributed by atoms with Crippen molar-refractivity contribution in [2.75, 3.05) is 31.9 Å². The fraction of sp³-hybridized carbons (Fsp3) is 0.562. The van der Waals surface area contributed by atoms with Crippen LogP contribution in [0.15, 0.2) is 28.1 Å². The molecule has 0 bridgehead atoms. The number of guanidine groups is 1. The molecule has 0 fully saturated rings. The SMILES string of the molecule is CN=C(NCCCCSC)NCc1ccc(C)cc1SC.I. The number of unbranched alkanes of at least 4 members (excludes halogenated alkanes) is 1. The maximum atomic E-state index is 4.28. The Kier molecular flexibility index (Phi) is 13.3. The first kappa shape index (κ1) is 21.9. The van der Waals surface area contributed by atoms with Crippen LogP contribution in [0.1, 0.15) is 24.0 Å². The Labute approximate surface area is 160 Å². The highest BCUT2D eigenvalue weighted by Gasteiger charge is 2.03. The van der Waals surface area contributed by atoms with E-state index in [0.717, 1.165) is 19.0 Å². The number of thioether (sulfide) groups is 2. The van der Waals surface area contributed by atoms with Crippen LogP contribution in [0.2, 0.25) is 0 Å². The van der Waals surface area contributed by atoms with E-state index < -0.39 is 0 Å². The van der Waals surface area contributed by atoms with E-state index in [1.807, 2.05) is 18.8 Å². The van der Waals surface area contributed by atoms with Gasteiger partial charge in [-0.3, -0.25) is 4.99 Å². The van der Waals surface area contributed by atoms with E-state index in [1.165, 1.54) is 34.6 Å². The Hall–Kier alpha value is -0.0800. The number of halogens is 1. The Balaban J connectivity index is 0.00000441. The summed E-state index contributed by atoms with van der Waals surface area (Å²) in [7, 11) is 1.82. The summed E-state index contributed by atoms with van der Waals surface area (Å²) in [5, 5.41) is 6.76. The second-order valence-corrected chi connectivity index (χ2v) is 6.70. The van der Waals surface area contributed by atoms with Crippen molar-refractivity contribution in [3.63, 3.8) is 0 Å². The van der Waals surface area contributed by atoms with Crippen molar-refractivity contribution in [2.45, 2.75) is 31.2 Å². The lowest BCUT2D eigenvalue weighted by Crippen LogP contribution is -2.37. The van der Waals surface area contributed by atoms with E-state index in [1.54, 1.807) is 11.8 Å². The zero-order valence-corrected chi connectivity index (χ0v) is 17.9. The molecule has 0 saturated heterocycles. The van der Waals surface area contributed by atoms with Gasteiger partial charge in [0.25, 0.3) is 0 Å². The standard InChI is InChI=1S/C16H27N3S2.HI/c1-13-7-8-14(15(11-13)21-4)12-19-16(17-2)18-9-5-6-10-20-3;/h7-8,11H,5-6,9-10,12H2,1-4H3,(H2,17,18,19);1H. The lowest BCUT2D eigenvalue weighted by Gasteiger charge is -2.14. The summed E-state index contributed by atoms with van der Waals surface area (Å²) in [5.74, 6) is 2.11. The molecule has 0 aliphatic heterocycles. The highest BCUT2D eigenvalue weighted by molar-refractivity contribution is 14.0. The molecule has 2 N–H and O–H groups in total. The van der Waals surface area contributed by atoms with E-state index in [0.29, 0.717) is 0 Å². The van der Waals surface area contributed by atoms with Crippen LogP contribution < -0.4 is 10.6 Å². The minimum absolute atomic E-state index is 0. The van der Waals surface area contributed by atoms with Crippen LogP contribution in [-0.2, 0) is 6.54 Å². The van der Waals surface area contributed by atoms with E-state index >= 15 is 0 Å². The largest absolute Gasteiger partial charge is 0.356 e. The first-order chi connectivity index (χ1) is 10.2. The molecular formula is C16H28IN3S2. The topological polar surface area (TPSA) is 36.4 Å². The number of hydrogen-bond donors (Lipinski definition) is 2. The van der Waals surface area contributed by atoms with Gasteiger partial charge in [0.15, 0.2) is 5.96 Å². The molecular weight excluding hydrogens is 425 g/mol. The molecule has 1 aromatic rings. The summed E-state index contributed by atoms with van der Waals surface area (Å²) < 4.78 is 0. The zero-order valence-electron chi connectivity index (χ0n) is 13.9. The van der Waals surface area contributed by atoms with Crippen molar-refractivity contribution in [1.29, 1.82) is 0 Å². The molecule has 0 aliphatic rings. The van der Waals surface area contributed by atoms with Gasteiger partial charge < -0.3 is 10.6 Å². The third-order valence-corrected chi connectivity index (χ3v) is 4.70. The van der Waals surface area contributed by atoms with Crippen LogP contribution in [0.25, 0.3) is 0 Å². The molecule has 3 nitrogen and oxygen atoms in total. The van der Waals surface area contributed by atoms with Crippen molar-refractivity contribution < 1.29 is 0 Å². The summed E-state index contributed by atoms with van der Waals surface area (Å²) in [6, 6.07) is 6.59. The van der Waals surface area contributed by atoms with Crippen LogP contribution >= 0.6 is 47.5 Å². The molecule has 0 saturated carbocycles. The highest BCUT2D eigenvalue weighted by Crippen LogP contribution is 2.21. The molecule has 0 aromatic heterocycles. The van der Waals surface area contributed by atoms with Gasteiger partial charge in [-0.05, 0) is 55.2 Å². The van der Waals surface area contributed by atoms with E-state index in [-0.39, 0.29) is 24.0 Å². The second-order valence-electron chi connectivity index (χ2n) is 4.87. The quantitative estimate of drug-likeness (QED) is 0.204. The van der Waals surface area contributed by atoms with Crippen LogP contribution in [0, 0.1) is 6.92 Å². The monoisotopic (exact) mass is 453 g/mol. The molecule has 0 heterocycles. The van der Waals surface area contributed by atoms with Crippen molar-refractivity contribution in [3.05, 3.63) is 29.3 Å². The zero-order chi connectivity index (χ0) is 15.5. The maximum absolute atomic E-state index is 4.28. The molecule has 22 heavy (non-hydrogen) atoms. The molecule has 0 atom stereocenters. The van der Waals surface area contributed by atoms with Crippen LogP contribution in [0.3, 0.4) is 0 Å². The summed E-state index contributed by atoms with van der Waals surface area (Å²) >= 11 is 3.70. The molecule has 126 valence electrons. The number of hydrogen-bond acceptors (Lipinski definition) is 3. The third kappa shape index (κ3) is 8.53. The van der Waals surface area contributed by atoms with Crippen molar-refractivity contribution >= 4 is 53.5 Å². The van der Waals surface area contributed by atoms with Gasteiger partial charge in [0.1, 0.15) is 0 Å². The first-order valence-electron chi connectivity index (χ1n) is 7.28. The predicted octanol–water partition coefficient (Wildman–Crippen LogP) is 4.14. The van der Waals surface area contributed by atoms with Crippen molar-refractivity contribution in [3.8, 4) is 0 Å². The Morgan fingerprint density at radius 3 is 2.59 bits per heavy atom. The molecule has 0 aliphatic carbocycles. The molecule has 0 spiro atoms. The first-order valence-corrected chi connectivity index (χ1v) is 9.90. The summed E-state index contributed by atoms with van der Waals surface area (Å²) in [6.45, 7) is 3.91. The Morgan fingerprint density at radius 2 is 1.95 bits per heavy atom. The minimum atomic E-state index is 0. The molecule has 1 rings (SSSR count). The number of aliphatic imine (C=N–C) groups is 1. The van der Waals surface area contributed by atoms with Gasteiger partial charge in [-0.1, -0.05) is 12.1 Å². The molecule has 0 radical (unpaired) electrons. The molecule has 0 amide bonds. The number of nitrogens with one attached hydrogen (secondary N) is 2. The van der Waals surface area contributed by atoms with E-state index in [9.17, 15) is 0 Å². The smallest absolute Gasteiger partial charge is 0.191 e. The number of benzene rings is 1. The van der Waals surface area contributed by atoms with Crippen LogP contribution in [0.5, 0.6) is 0 Å². The van der Waals surface area contributed by atoms with Crippen LogP contribution in [-0.4, -0.2) is 37.8 Å². The molecule has 6 heteroatoms. The number of rotatable bonds is 8.